The zero-order valence-corrected chi connectivity index (χ0v) is 25.7. The Bertz CT molecular complexity index is 1380. The van der Waals surface area contributed by atoms with Crippen molar-refractivity contribution < 1.29 is 41.0 Å². The van der Waals surface area contributed by atoms with Gasteiger partial charge in [-0.05, 0) is 85.0 Å². The maximum atomic E-state index is 14.6. The fourth-order valence-corrected chi connectivity index (χ4v) is 4.59. The van der Waals surface area contributed by atoms with Crippen LogP contribution < -0.4 is 20.9 Å². The number of ether oxygens (including phenoxy) is 3. The molecule has 0 atom stereocenters. The first-order valence-corrected chi connectivity index (χ1v) is 15.4. The number of anilines is 2. The standard InChI is InChI=1S/C35H41F5N2O4/c36-34(37,38)22-24-44-30-19-14-28(15-20-30)35(39,40)46-31-17-10-26(11-18-31)12-21-33(43)45-23-8-6-4-2-1-3-5-7-9-27-13-16-29(41)25-32(27)42/h10-21,25H,1-9,22-24,41-42H2/b21-12+. The Kier molecular flexibility index (Phi) is 14.2. The predicted molar refractivity (Wildman–Crippen MR) is 169 cm³/mol. The van der Waals surface area contributed by atoms with E-state index in [1.54, 1.807) is 6.07 Å². The first kappa shape index (κ1) is 36.2. The van der Waals surface area contributed by atoms with Gasteiger partial charge in [-0.1, -0.05) is 56.7 Å². The van der Waals surface area contributed by atoms with Gasteiger partial charge in [-0.15, -0.1) is 0 Å². The van der Waals surface area contributed by atoms with Crippen molar-refractivity contribution in [3.05, 3.63) is 89.5 Å². The molecule has 3 aromatic rings. The molecule has 3 rings (SSSR count). The summed E-state index contributed by atoms with van der Waals surface area (Å²) >= 11 is 0. The van der Waals surface area contributed by atoms with Crippen molar-refractivity contribution in [2.75, 3.05) is 24.7 Å². The van der Waals surface area contributed by atoms with Crippen LogP contribution in [0.2, 0.25) is 0 Å². The minimum Gasteiger partial charge on any atom is -0.493 e. The maximum Gasteiger partial charge on any atom is 0.426 e. The van der Waals surface area contributed by atoms with Gasteiger partial charge in [0.15, 0.2) is 0 Å². The van der Waals surface area contributed by atoms with Crippen molar-refractivity contribution in [3.8, 4) is 11.5 Å². The molecule has 0 bridgehead atoms. The highest BCUT2D eigenvalue weighted by Gasteiger charge is 2.34. The summed E-state index contributed by atoms with van der Waals surface area (Å²) < 4.78 is 80.9. The van der Waals surface area contributed by atoms with Crippen LogP contribution in [0.25, 0.3) is 6.08 Å². The molecule has 0 aliphatic rings. The third kappa shape index (κ3) is 13.8. The summed E-state index contributed by atoms with van der Waals surface area (Å²) in [5.41, 5.74) is 14.4. The van der Waals surface area contributed by atoms with Gasteiger partial charge in [-0.25, -0.2) is 4.79 Å². The lowest BCUT2D eigenvalue weighted by Crippen LogP contribution is -2.21. The topological polar surface area (TPSA) is 96.8 Å². The van der Waals surface area contributed by atoms with Crippen LogP contribution in [0.3, 0.4) is 0 Å². The van der Waals surface area contributed by atoms with E-state index in [1.165, 1.54) is 49.3 Å². The van der Waals surface area contributed by atoms with Crippen molar-refractivity contribution in [1.29, 1.82) is 0 Å². The van der Waals surface area contributed by atoms with E-state index >= 15 is 0 Å². The smallest absolute Gasteiger partial charge is 0.426 e. The maximum absolute atomic E-state index is 14.6. The lowest BCUT2D eigenvalue weighted by molar-refractivity contribution is -0.185. The number of hydrogen-bond donors (Lipinski definition) is 2. The minimum atomic E-state index is -4.37. The molecular weight excluding hydrogens is 607 g/mol. The van der Waals surface area contributed by atoms with Crippen molar-refractivity contribution in [3.63, 3.8) is 0 Å². The number of esters is 1. The van der Waals surface area contributed by atoms with E-state index < -0.39 is 36.8 Å². The van der Waals surface area contributed by atoms with Gasteiger partial charge >= 0.3 is 18.3 Å². The number of nitrogens with two attached hydrogens (primary N) is 2. The molecule has 11 heteroatoms. The molecule has 0 saturated carbocycles. The molecule has 0 saturated heterocycles. The van der Waals surface area contributed by atoms with Gasteiger partial charge in [0.1, 0.15) is 11.5 Å². The number of alkyl halides is 5. The van der Waals surface area contributed by atoms with Crippen LogP contribution in [0.15, 0.2) is 72.8 Å². The first-order chi connectivity index (χ1) is 21.9. The van der Waals surface area contributed by atoms with E-state index in [1.807, 2.05) is 12.1 Å². The number of carbonyl (C=O) groups is 1. The Morgan fingerprint density at radius 2 is 1.33 bits per heavy atom. The van der Waals surface area contributed by atoms with Crippen LogP contribution in [0, 0.1) is 0 Å². The molecule has 0 spiro atoms. The van der Waals surface area contributed by atoms with Crippen LogP contribution in [-0.4, -0.2) is 25.4 Å². The molecule has 6 nitrogen and oxygen atoms in total. The average molecular weight is 649 g/mol. The lowest BCUT2D eigenvalue weighted by Gasteiger charge is -2.18. The van der Waals surface area contributed by atoms with Crippen LogP contribution in [-0.2, 0) is 22.1 Å². The van der Waals surface area contributed by atoms with Gasteiger partial charge in [0, 0.05) is 17.5 Å². The molecule has 0 radical (unpaired) electrons. The van der Waals surface area contributed by atoms with Gasteiger partial charge in [0.05, 0.1) is 25.2 Å². The van der Waals surface area contributed by atoms with E-state index in [9.17, 15) is 26.7 Å². The molecule has 0 aliphatic heterocycles. The molecule has 0 fully saturated rings. The zero-order chi connectivity index (χ0) is 33.4. The van der Waals surface area contributed by atoms with E-state index in [0.717, 1.165) is 80.5 Å². The molecule has 0 unspecified atom stereocenters. The molecule has 0 aliphatic carbocycles. The second-order valence-corrected chi connectivity index (χ2v) is 11.0. The summed E-state index contributed by atoms with van der Waals surface area (Å²) in [7, 11) is 0. The van der Waals surface area contributed by atoms with Gasteiger partial charge in [-0.2, -0.15) is 22.0 Å². The molecule has 46 heavy (non-hydrogen) atoms. The summed E-state index contributed by atoms with van der Waals surface area (Å²) in [6.45, 7) is -0.283. The fraction of sp³-hybridized carbons (Fsp3) is 0.400. The average Bonchev–Trinajstić information content (AvgIpc) is 3.00. The Morgan fingerprint density at radius 1 is 0.717 bits per heavy atom. The monoisotopic (exact) mass is 648 g/mol. The molecule has 0 aromatic heterocycles. The normalized spacial score (nSPS) is 11.9. The van der Waals surface area contributed by atoms with Crippen molar-refractivity contribution in [2.24, 2.45) is 0 Å². The SMILES string of the molecule is Nc1ccc(CCCCCCCCCCOC(=O)/C=C/c2ccc(OC(F)(F)c3ccc(OCCC(F)(F)F)cc3)cc2)c(N)c1. The third-order valence-electron chi connectivity index (χ3n) is 7.14. The van der Waals surface area contributed by atoms with E-state index in [4.69, 9.17) is 25.7 Å². The molecule has 3 aromatic carbocycles. The van der Waals surface area contributed by atoms with Crippen LogP contribution in [0.5, 0.6) is 11.5 Å². The Morgan fingerprint density at radius 3 is 1.96 bits per heavy atom. The minimum absolute atomic E-state index is 0.0363. The number of unbranched alkanes of at least 4 members (excludes halogenated alkanes) is 7. The van der Waals surface area contributed by atoms with E-state index in [-0.39, 0.29) is 11.5 Å². The predicted octanol–water partition coefficient (Wildman–Crippen LogP) is 9.23. The third-order valence-corrected chi connectivity index (χ3v) is 7.14. The van der Waals surface area contributed by atoms with Gasteiger partial charge < -0.3 is 25.7 Å². The summed E-state index contributed by atoms with van der Waals surface area (Å²) in [4.78, 5) is 12.0. The Hall–Kier alpha value is -4.28. The highest BCUT2D eigenvalue weighted by atomic mass is 19.4. The number of benzene rings is 3. The second kappa shape index (κ2) is 18.0. The molecule has 250 valence electrons. The Labute approximate surface area is 266 Å². The van der Waals surface area contributed by atoms with Gasteiger partial charge in [-0.3, -0.25) is 0 Å². The van der Waals surface area contributed by atoms with E-state index in [2.05, 4.69) is 0 Å². The van der Waals surface area contributed by atoms with Crippen LogP contribution >= 0.6 is 0 Å². The highest BCUT2D eigenvalue weighted by Crippen LogP contribution is 2.33. The molecule has 4 N–H and O–H groups in total. The van der Waals surface area contributed by atoms with Crippen molar-refractivity contribution >= 4 is 23.4 Å². The quantitative estimate of drug-likeness (QED) is 0.0442. The molecule has 0 amide bonds. The van der Waals surface area contributed by atoms with Crippen LogP contribution in [0.1, 0.15) is 74.5 Å². The van der Waals surface area contributed by atoms with Gasteiger partial charge in [0.25, 0.3) is 0 Å². The second-order valence-electron chi connectivity index (χ2n) is 11.0. The number of nitrogen functional groups attached to an aromatic ring is 2. The van der Waals surface area contributed by atoms with Crippen LogP contribution in [0.4, 0.5) is 33.3 Å². The highest BCUT2D eigenvalue weighted by molar-refractivity contribution is 5.87. The summed E-state index contributed by atoms with van der Waals surface area (Å²) in [6, 6.07) is 15.7. The number of carbonyl (C=O) groups excluding carboxylic acids is 1. The summed E-state index contributed by atoms with van der Waals surface area (Å²) in [5, 5.41) is 0. The number of aryl methyl sites for hydroxylation is 1. The Balaban J connectivity index is 1.26. The van der Waals surface area contributed by atoms with Crippen molar-refractivity contribution in [2.45, 2.75) is 76.5 Å². The fourth-order valence-electron chi connectivity index (χ4n) is 4.59. The zero-order valence-electron chi connectivity index (χ0n) is 25.7. The number of hydrogen-bond acceptors (Lipinski definition) is 6. The number of halogens is 5. The first-order valence-electron chi connectivity index (χ1n) is 15.4. The summed E-state index contributed by atoms with van der Waals surface area (Å²) in [6.07, 6.45) is 3.12. The van der Waals surface area contributed by atoms with Crippen molar-refractivity contribution in [1.82, 2.24) is 0 Å². The largest absolute Gasteiger partial charge is 0.493 e. The molecule has 0 heterocycles. The molecular formula is C35H41F5N2O4. The lowest BCUT2D eigenvalue weighted by atomic mass is 10.0. The number of rotatable bonds is 19. The van der Waals surface area contributed by atoms with E-state index in [0.29, 0.717) is 17.9 Å². The van der Waals surface area contributed by atoms with Gasteiger partial charge in [0.2, 0.25) is 0 Å². The summed E-state index contributed by atoms with van der Waals surface area (Å²) in [5.74, 6) is -0.563.